The van der Waals surface area contributed by atoms with Crippen molar-refractivity contribution in [1.29, 1.82) is 0 Å². The molecule has 1 N–H and O–H groups in total. The van der Waals surface area contributed by atoms with Gasteiger partial charge >= 0.3 is 0 Å². The number of sulfonamides is 1. The number of anilines is 1. The maximum atomic E-state index is 13.1. The number of carbonyl (C=O) groups is 1. The molecule has 0 heterocycles. The molecule has 0 saturated heterocycles. The molecule has 0 saturated carbocycles. The number of rotatable bonds is 9. The summed E-state index contributed by atoms with van der Waals surface area (Å²) in [5.41, 5.74) is 1.51. The third kappa shape index (κ3) is 5.61. The quantitative estimate of drug-likeness (QED) is 0.534. The highest BCUT2D eigenvalue weighted by atomic mass is 32.2. The molecule has 3 aromatic rings. The fourth-order valence-electron chi connectivity index (χ4n) is 2.88. The largest absolute Gasteiger partial charge is 0.492 e. The van der Waals surface area contributed by atoms with Gasteiger partial charge in [-0.25, -0.2) is 8.42 Å². The van der Waals surface area contributed by atoms with Crippen LogP contribution in [0.1, 0.15) is 5.56 Å². The van der Waals surface area contributed by atoms with Gasteiger partial charge in [0, 0.05) is 0 Å². The molecular weight excluding hydrogens is 400 g/mol. The first-order valence-electron chi connectivity index (χ1n) is 9.56. The van der Waals surface area contributed by atoms with Crippen LogP contribution in [-0.4, -0.2) is 34.0 Å². The zero-order valence-electron chi connectivity index (χ0n) is 16.7. The molecule has 0 aliphatic carbocycles. The Kier molecular flexibility index (Phi) is 7.08. The lowest BCUT2D eigenvalue weighted by atomic mass is 10.2. The SMILES string of the molecule is Cc1cccc(OCCNC(=O)CN(c2ccccc2)S(=O)(=O)c2ccccc2)c1. The molecule has 6 nitrogen and oxygen atoms in total. The molecule has 3 aromatic carbocycles. The molecule has 0 aliphatic heterocycles. The fraction of sp³-hybridized carbons (Fsp3) is 0.174. The number of ether oxygens (including phenoxy) is 1. The Morgan fingerprint density at radius 2 is 1.60 bits per heavy atom. The van der Waals surface area contributed by atoms with E-state index in [0.717, 1.165) is 15.6 Å². The van der Waals surface area contributed by atoms with Crippen LogP contribution in [0.25, 0.3) is 0 Å². The van der Waals surface area contributed by atoms with Crippen LogP contribution in [0.15, 0.2) is 89.8 Å². The standard InChI is InChI=1S/C23H24N2O4S/c1-19-9-8-12-21(17-19)29-16-15-24-23(26)18-25(20-10-4-2-5-11-20)30(27,28)22-13-6-3-7-14-22/h2-14,17H,15-16,18H2,1H3,(H,24,26). The van der Waals surface area contributed by atoms with E-state index in [0.29, 0.717) is 5.69 Å². The second-order valence-electron chi connectivity index (χ2n) is 6.68. The van der Waals surface area contributed by atoms with Crippen molar-refractivity contribution in [2.24, 2.45) is 0 Å². The number of nitrogens with zero attached hydrogens (tertiary/aromatic N) is 1. The van der Waals surface area contributed by atoms with Crippen LogP contribution >= 0.6 is 0 Å². The van der Waals surface area contributed by atoms with E-state index in [4.69, 9.17) is 4.74 Å². The van der Waals surface area contributed by atoms with E-state index in [1.807, 2.05) is 31.2 Å². The minimum atomic E-state index is -3.89. The van der Waals surface area contributed by atoms with Gasteiger partial charge in [0.2, 0.25) is 5.91 Å². The summed E-state index contributed by atoms with van der Waals surface area (Å²) in [6.45, 7) is 2.19. The molecule has 156 valence electrons. The van der Waals surface area contributed by atoms with Gasteiger partial charge in [0.05, 0.1) is 17.1 Å². The summed E-state index contributed by atoms with van der Waals surface area (Å²) in [5, 5.41) is 2.72. The Balaban J connectivity index is 1.65. The Bertz CT molecular complexity index is 1070. The van der Waals surface area contributed by atoms with Gasteiger partial charge in [-0.3, -0.25) is 9.10 Å². The molecule has 0 atom stereocenters. The second kappa shape index (κ2) is 9.93. The molecule has 0 bridgehead atoms. The molecule has 1 amide bonds. The topological polar surface area (TPSA) is 75.7 Å². The first-order chi connectivity index (χ1) is 14.5. The highest BCUT2D eigenvalue weighted by molar-refractivity contribution is 7.92. The Hall–Kier alpha value is -3.32. The van der Waals surface area contributed by atoms with Crippen molar-refractivity contribution in [2.45, 2.75) is 11.8 Å². The maximum Gasteiger partial charge on any atom is 0.264 e. The van der Waals surface area contributed by atoms with Crippen LogP contribution in [0.4, 0.5) is 5.69 Å². The van der Waals surface area contributed by atoms with Crippen molar-refractivity contribution in [3.63, 3.8) is 0 Å². The minimum Gasteiger partial charge on any atom is -0.492 e. The van der Waals surface area contributed by atoms with Crippen LogP contribution in [0.2, 0.25) is 0 Å². The predicted octanol–water partition coefficient (Wildman–Crippen LogP) is 3.39. The van der Waals surface area contributed by atoms with E-state index in [1.54, 1.807) is 48.5 Å². The first-order valence-corrected chi connectivity index (χ1v) is 11.0. The maximum absolute atomic E-state index is 13.1. The van der Waals surface area contributed by atoms with Crippen molar-refractivity contribution in [3.8, 4) is 5.75 Å². The van der Waals surface area contributed by atoms with Gasteiger partial charge in [-0.05, 0) is 48.9 Å². The number of para-hydroxylation sites is 1. The number of hydrogen-bond acceptors (Lipinski definition) is 4. The Morgan fingerprint density at radius 3 is 2.27 bits per heavy atom. The zero-order valence-corrected chi connectivity index (χ0v) is 17.5. The summed E-state index contributed by atoms with van der Waals surface area (Å²) >= 11 is 0. The normalized spacial score (nSPS) is 11.0. The van der Waals surface area contributed by atoms with Crippen molar-refractivity contribution in [1.82, 2.24) is 5.32 Å². The zero-order chi connectivity index (χ0) is 21.4. The van der Waals surface area contributed by atoms with Crippen molar-refractivity contribution in [2.75, 3.05) is 24.0 Å². The summed E-state index contributed by atoms with van der Waals surface area (Å²) in [5.74, 6) is 0.313. The van der Waals surface area contributed by atoms with Crippen molar-refractivity contribution in [3.05, 3.63) is 90.5 Å². The molecule has 7 heteroatoms. The van der Waals surface area contributed by atoms with Gasteiger partial charge < -0.3 is 10.1 Å². The number of nitrogens with one attached hydrogen (secondary N) is 1. The summed E-state index contributed by atoms with van der Waals surface area (Å²) in [4.78, 5) is 12.6. The molecule has 0 radical (unpaired) electrons. The fourth-order valence-corrected chi connectivity index (χ4v) is 4.32. The third-order valence-electron chi connectivity index (χ3n) is 4.35. The molecular formula is C23H24N2O4S. The van der Waals surface area contributed by atoms with E-state index in [9.17, 15) is 13.2 Å². The smallest absolute Gasteiger partial charge is 0.264 e. The molecule has 0 aromatic heterocycles. The number of carbonyl (C=O) groups excluding carboxylic acids is 1. The number of aryl methyl sites for hydroxylation is 1. The second-order valence-corrected chi connectivity index (χ2v) is 8.54. The molecule has 0 unspecified atom stereocenters. The number of amides is 1. The average Bonchev–Trinajstić information content (AvgIpc) is 2.76. The lowest BCUT2D eigenvalue weighted by Gasteiger charge is -2.24. The molecule has 0 aliphatic rings. The molecule has 30 heavy (non-hydrogen) atoms. The molecule has 0 fully saturated rings. The van der Waals surface area contributed by atoms with Crippen LogP contribution in [-0.2, 0) is 14.8 Å². The van der Waals surface area contributed by atoms with Gasteiger partial charge in [0.1, 0.15) is 18.9 Å². The van der Waals surface area contributed by atoms with Crippen LogP contribution in [0.3, 0.4) is 0 Å². The molecule has 3 rings (SSSR count). The van der Waals surface area contributed by atoms with E-state index in [-0.39, 0.29) is 24.6 Å². The van der Waals surface area contributed by atoms with Gasteiger partial charge in [0.15, 0.2) is 0 Å². The van der Waals surface area contributed by atoms with Gasteiger partial charge in [0.25, 0.3) is 10.0 Å². The van der Waals surface area contributed by atoms with Crippen molar-refractivity contribution < 1.29 is 17.9 Å². The highest BCUT2D eigenvalue weighted by Crippen LogP contribution is 2.23. The van der Waals surface area contributed by atoms with E-state index >= 15 is 0 Å². The summed E-state index contributed by atoms with van der Waals surface area (Å²) in [7, 11) is -3.89. The van der Waals surface area contributed by atoms with E-state index in [1.165, 1.54) is 12.1 Å². The highest BCUT2D eigenvalue weighted by Gasteiger charge is 2.26. The average molecular weight is 425 g/mol. The number of hydrogen-bond donors (Lipinski definition) is 1. The van der Waals surface area contributed by atoms with E-state index in [2.05, 4.69) is 5.32 Å². The lowest BCUT2D eigenvalue weighted by molar-refractivity contribution is -0.119. The Labute approximate surface area is 177 Å². The first kappa shape index (κ1) is 21.4. The van der Waals surface area contributed by atoms with Crippen LogP contribution in [0, 0.1) is 6.92 Å². The van der Waals surface area contributed by atoms with Crippen LogP contribution < -0.4 is 14.4 Å². The summed E-state index contributed by atoms with van der Waals surface area (Å²) in [6, 6.07) is 24.3. The summed E-state index contributed by atoms with van der Waals surface area (Å²) in [6.07, 6.45) is 0. The number of benzene rings is 3. The van der Waals surface area contributed by atoms with Gasteiger partial charge in [-0.15, -0.1) is 0 Å². The van der Waals surface area contributed by atoms with Gasteiger partial charge in [-0.1, -0.05) is 48.5 Å². The monoisotopic (exact) mass is 424 g/mol. The molecule has 0 spiro atoms. The Morgan fingerprint density at radius 1 is 0.933 bits per heavy atom. The predicted molar refractivity (Wildman–Crippen MR) is 117 cm³/mol. The minimum absolute atomic E-state index is 0.129. The van der Waals surface area contributed by atoms with E-state index < -0.39 is 15.9 Å². The van der Waals surface area contributed by atoms with Crippen LogP contribution in [0.5, 0.6) is 5.75 Å². The van der Waals surface area contributed by atoms with Gasteiger partial charge in [-0.2, -0.15) is 0 Å². The summed E-state index contributed by atoms with van der Waals surface area (Å²) < 4.78 is 33.0. The third-order valence-corrected chi connectivity index (χ3v) is 6.13. The van der Waals surface area contributed by atoms with Crippen molar-refractivity contribution >= 4 is 21.6 Å². The lowest BCUT2D eigenvalue weighted by Crippen LogP contribution is -2.41.